The van der Waals surface area contributed by atoms with Gasteiger partial charge in [0.1, 0.15) is 0 Å². The second kappa shape index (κ2) is 11.2. The molecule has 0 saturated heterocycles. The average Bonchev–Trinajstić information content (AvgIpc) is 2.70. The number of amides is 3. The van der Waals surface area contributed by atoms with E-state index in [1.54, 1.807) is 6.08 Å². The topological polar surface area (TPSA) is 99.3 Å². The number of carbonyl (C=O) groups excluding carboxylic acids is 3. The molecule has 1 aromatic rings. The molecule has 1 aliphatic carbocycles. The Bertz CT molecular complexity index is 740. The maximum atomic E-state index is 12.0. The number of hydrogen-bond donors (Lipinski definition) is 4. The van der Waals surface area contributed by atoms with E-state index in [-0.39, 0.29) is 23.5 Å². The van der Waals surface area contributed by atoms with E-state index >= 15 is 0 Å². The van der Waals surface area contributed by atoms with Crippen molar-refractivity contribution in [2.24, 2.45) is 5.92 Å². The summed E-state index contributed by atoms with van der Waals surface area (Å²) < 4.78 is 0. The molecular weight excluding hydrogens is 376 g/mol. The summed E-state index contributed by atoms with van der Waals surface area (Å²) in [5, 5.41) is 5.02. The van der Waals surface area contributed by atoms with Crippen molar-refractivity contribution in [3.05, 3.63) is 41.5 Å². The van der Waals surface area contributed by atoms with Crippen LogP contribution in [0.1, 0.15) is 43.2 Å². The lowest BCUT2D eigenvalue weighted by Gasteiger charge is -2.20. The Morgan fingerprint density at radius 2 is 1.75 bits per heavy atom. The van der Waals surface area contributed by atoms with Gasteiger partial charge in [0.25, 0.3) is 5.91 Å². The lowest BCUT2D eigenvalue weighted by Crippen LogP contribution is -2.51. The summed E-state index contributed by atoms with van der Waals surface area (Å²) in [7, 11) is 0. The zero-order chi connectivity index (χ0) is 20.4. The summed E-state index contributed by atoms with van der Waals surface area (Å²) in [6.45, 7) is 1.84. The summed E-state index contributed by atoms with van der Waals surface area (Å²) in [6, 6.07) is 7.70. The third kappa shape index (κ3) is 7.87. The molecule has 7 nitrogen and oxygen atoms in total. The predicted molar refractivity (Wildman–Crippen MR) is 112 cm³/mol. The van der Waals surface area contributed by atoms with E-state index in [1.165, 1.54) is 6.08 Å². The molecule has 0 aromatic heterocycles. The van der Waals surface area contributed by atoms with Gasteiger partial charge in [0.05, 0.1) is 6.54 Å². The Morgan fingerprint density at radius 3 is 2.43 bits per heavy atom. The number of benzene rings is 1. The first-order chi connectivity index (χ1) is 13.4. The van der Waals surface area contributed by atoms with Crippen molar-refractivity contribution in [3.8, 4) is 0 Å². The zero-order valence-electron chi connectivity index (χ0n) is 15.9. The number of aryl methyl sites for hydroxylation is 1. The molecule has 8 heteroatoms. The smallest absolute Gasteiger partial charge is 0.257 e. The van der Waals surface area contributed by atoms with E-state index < -0.39 is 11.8 Å². The fourth-order valence-electron chi connectivity index (χ4n) is 2.88. The first-order valence-electron chi connectivity index (χ1n) is 9.36. The molecule has 1 aliphatic rings. The van der Waals surface area contributed by atoms with Crippen LogP contribution in [0.5, 0.6) is 0 Å². The Hall–Kier alpha value is -2.74. The number of nitrogens with one attached hydrogen (secondary N) is 4. The van der Waals surface area contributed by atoms with Crippen LogP contribution in [0.3, 0.4) is 0 Å². The van der Waals surface area contributed by atoms with Crippen LogP contribution in [0.15, 0.2) is 30.3 Å². The van der Waals surface area contributed by atoms with Gasteiger partial charge in [0.2, 0.25) is 11.8 Å². The highest BCUT2D eigenvalue weighted by atomic mass is 32.1. The van der Waals surface area contributed by atoms with Crippen molar-refractivity contribution in [1.82, 2.24) is 21.5 Å². The van der Waals surface area contributed by atoms with Gasteiger partial charge in [-0.05, 0) is 43.6 Å². The van der Waals surface area contributed by atoms with Crippen molar-refractivity contribution < 1.29 is 14.4 Å². The second-order valence-electron chi connectivity index (χ2n) is 6.79. The number of hydrogen-bond acceptors (Lipinski definition) is 4. The van der Waals surface area contributed by atoms with Gasteiger partial charge in [0.15, 0.2) is 5.11 Å². The van der Waals surface area contributed by atoms with Crippen molar-refractivity contribution in [2.45, 2.75) is 39.0 Å². The van der Waals surface area contributed by atoms with E-state index in [1.807, 2.05) is 31.2 Å². The van der Waals surface area contributed by atoms with Crippen LogP contribution in [0, 0.1) is 12.8 Å². The number of carbonyl (C=O) groups is 3. The minimum absolute atomic E-state index is 0.00445. The van der Waals surface area contributed by atoms with Gasteiger partial charge in [-0.25, -0.2) is 0 Å². The molecule has 28 heavy (non-hydrogen) atoms. The summed E-state index contributed by atoms with van der Waals surface area (Å²) in [5.74, 6) is -0.962. The maximum Gasteiger partial charge on any atom is 0.257 e. The van der Waals surface area contributed by atoms with Gasteiger partial charge in [-0.1, -0.05) is 49.1 Å². The number of thiocarbonyl (C=S) groups is 1. The van der Waals surface area contributed by atoms with E-state index in [0.29, 0.717) is 0 Å². The molecule has 1 saturated carbocycles. The molecule has 0 radical (unpaired) electrons. The van der Waals surface area contributed by atoms with Crippen LogP contribution in [-0.4, -0.2) is 29.4 Å². The molecule has 4 N–H and O–H groups in total. The summed E-state index contributed by atoms with van der Waals surface area (Å²) in [6.07, 6.45) is 8.03. The standard InChI is InChI=1S/C20H26N4O3S/c1-14-7-9-15(10-8-14)11-12-17(25)22-20(28)24-23-18(26)13-21-19(27)16-5-3-2-4-6-16/h7-12,16H,2-6,13H2,1H3,(H,21,27)(H,23,26)(H2,22,24,25,28). The van der Waals surface area contributed by atoms with E-state index in [9.17, 15) is 14.4 Å². The summed E-state index contributed by atoms with van der Waals surface area (Å²) in [5.41, 5.74) is 6.81. The van der Waals surface area contributed by atoms with Crippen LogP contribution in [0.4, 0.5) is 0 Å². The molecule has 3 amide bonds. The molecular formula is C20H26N4O3S. The predicted octanol–water partition coefficient (Wildman–Crippen LogP) is 1.73. The minimum Gasteiger partial charge on any atom is -0.347 e. The normalized spacial score (nSPS) is 14.3. The lowest BCUT2D eigenvalue weighted by molar-refractivity contribution is -0.129. The third-order valence-electron chi connectivity index (χ3n) is 4.46. The van der Waals surface area contributed by atoms with Crippen LogP contribution in [0.2, 0.25) is 0 Å². The molecule has 0 atom stereocenters. The Kier molecular flexibility index (Phi) is 8.61. The van der Waals surface area contributed by atoms with Gasteiger partial charge in [-0.3, -0.25) is 30.6 Å². The Labute approximate surface area is 170 Å². The van der Waals surface area contributed by atoms with Crippen molar-refractivity contribution >= 4 is 41.1 Å². The first-order valence-corrected chi connectivity index (χ1v) is 9.77. The van der Waals surface area contributed by atoms with Gasteiger partial charge >= 0.3 is 0 Å². The number of rotatable bonds is 5. The minimum atomic E-state index is -0.448. The second-order valence-corrected chi connectivity index (χ2v) is 7.20. The SMILES string of the molecule is Cc1ccc(C=CC(=O)NC(=S)NNC(=O)CNC(=O)C2CCCCC2)cc1. The molecule has 1 aromatic carbocycles. The molecule has 2 rings (SSSR count). The van der Waals surface area contributed by atoms with Crippen LogP contribution >= 0.6 is 12.2 Å². The molecule has 0 spiro atoms. The third-order valence-corrected chi connectivity index (χ3v) is 4.66. The first kappa shape index (κ1) is 21.6. The fraction of sp³-hybridized carbons (Fsp3) is 0.400. The van der Waals surface area contributed by atoms with Crippen LogP contribution in [-0.2, 0) is 14.4 Å². The molecule has 0 heterocycles. The highest BCUT2D eigenvalue weighted by molar-refractivity contribution is 7.80. The van der Waals surface area contributed by atoms with Crippen molar-refractivity contribution in [2.75, 3.05) is 6.54 Å². The average molecular weight is 403 g/mol. The zero-order valence-corrected chi connectivity index (χ0v) is 16.7. The van der Waals surface area contributed by atoms with Gasteiger partial charge in [-0.2, -0.15) is 0 Å². The monoisotopic (exact) mass is 402 g/mol. The fourth-order valence-corrected chi connectivity index (χ4v) is 3.03. The van der Waals surface area contributed by atoms with E-state index in [4.69, 9.17) is 12.2 Å². The van der Waals surface area contributed by atoms with Gasteiger partial charge in [-0.15, -0.1) is 0 Å². The van der Waals surface area contributed by atoms with Crippen LogP contribution in [0.25, 0.3) is 6.08 Å². The van der Waals surface area contributed by atoms with Crippen LogP contribution < -0.4 is 21.5 Å². The molecule has 150 valence electrons. The quantitative estimate of drug-likeness (QED) is 0.342. The van der Waals surface area contributed by atoms with E-state index in [2.05, 4.69) is 21.5 Å². The van der Waals surface area contributed by atoms with Gasteiger partial charge < -0.3 is 5.32 Å². The highest BCUT2D eigenvalue weighted by Gasteiger charge is 2.21. The molecule has 0 unspecified atom stereocenters. The van der Waals surface area contributed by atoms with Crippen molar-refractivity contribution in [3.63, 3.8) is 0 Å². The summed E-state index contributed by atoms with van der Waals surface area (Å²) >= 11 is 4.96. The largest absolute Gasteiger partial charge is 0.347 e. The highest BCUT2D eigenvalue weighted by Crippen LogP contribution is 2.23. The maximum absolute atomic E-state index is 12.0. The lowest BCUT2D eigenvalue weighted by atomic mass is 9.89. The molecule has 1 fully saturated rings. The Morgan fingerprint density at radius 1 is 1.07 bits per heavy atom. The summed E-state index contributed by atoms with van der Waals surface area (Å²) in [4.78, 5) is 35.6. The van der Waals surface area contributed by atoms with Gasteiger partial charge in [0, 0.05) is 12.0 Å². The molecule has 0 aliphatic heterocycles. The number of hydrazine groups is 1. The molecule has 0 bridgehead atoms. The van der Waals surface area contributed by atoms with Crippen molar-refractivity contribution in [1.29, 1.82) is 0 Å². The van der Waals surface area contributed by atoms with E-state index in [0.717, 1.165) is 43.2 Å². The Balaban J connectivity index is 1.64.